The molecule has 0 radical (unpaired) electrons. The van der Waals surface area contributed by atoms with Gasteiger partial charge in [0.15, 0.2) is 0 Å². The number of hydrogen-bond acceptors (Lipinski definition) is 5. The van der Waals surface area contributed by atoms with Gasteiger partial charge in [0, 0.05) is 12.1 Å². The first-order valence-electron chi connectivity index (χ1n) is 6.21. The first kappa shape index (κ1) is 17.2. The maximum atomic E-state index is 12.7. The zero-order valence-electron chi connectivity index (χ0n) is 11.9. The molecule has 6 nitrogen and oxygen atoms in total. The van der Waals surface area contributed by atoms with E-state index in [9.17, 15) is 23.3 Å². The summed E-state index contributed by atoms with van der Waals surface area (Å²) >= 11 is 0. The normalized spacial score (nSPS) is 14.9. The second-order valence-electron chi connectivity index (χ2n) is 5.24. The van der Waals surface area contributed by atoms with Crippen molar-refractivity contribution in [3.63, 3.8) is 0 Å². The molecule has 0 amide bonds. The SMILES string of the molecule is CC(C)C(C)(CN)Nc1cc(C(F)(F)F)ncc1[N+](=O)[O-]. The topological polar surface area (TPSA) is 94.1 Å². The van der Waals surface area contributed by atoms with Crippen LogP contribution in [0.3, 0.4) is 0 Å². The Morgan fingerprint density at radius 3 is 2.43 bits per heavy atom. The van der Waals surface area contributed by atoms with Crippen LogP contribution in [0, 0.1) is 16.0 Å². The maximum absolute atomic E-state index is 12.7. The van der Waals surface area contributed by atoms with Gasteiger partial charge >= 0.3 is 11.9 Å². The molecule has 118 valence electrons. The molecule has 3 N–H and O–H groups in total. The Morgan fingerprint density at radius 2 is 2.05 bits per heavy atom. The van der Waals surface area contributed by atoms with Crippen LogP contribution in [0.1, 0.15) is 26.5 Å². The molecule has 0 aliphatic carbocycles. The number of nitro groups is 1. The summed E-state index contributed by atoms with van der Waals surface area (Å²) in [6.45, 7) is 5.43. The van der Waals surface area contributed by atoms with Crippen molar-refractivity contribution < 1.29 is 18.1 Å². The first-order valence-corrected chi connectivity index (χ1v) is 6.21. The summed E-state index contributed by atoms with van der Waals surface area (Å²) in [5.74, 6) is -0.0513. The van der Waals surface area contributed by atoms with Gasteiger partial charge in [0.05, 0.1) is 4.92 Å². The number of alkyl halides is 3. The Balaban J connectivity index is 3.34. The lowest BCUT2D eigenvalue weighted by atomic mass is 9.88. The Kier molecular flexibility index (Phi) is 4.77. The molecule has 0 saturated heterocycles. The van der Waals surface area contributed by atoms with Crippen molar-refractivity contribution in [1.82, 2.24) is 4.98 Å². The van der Waals surface area contributed by atoms with Crippen LogP contribution >= 0.6 is 0 Å². The number of anilines is 1. The number of hydrogen-bond donors (Lipinski definition) is 2. The van der Waals surface area contributed by atoms with E-state index in [0.29, 0.717) is 12.3 Å². The molecule has 0 aromatic carbocycles. The molecular weight excluding hydrogens is 289 g/mol. The van der Waals surface area contributed by atoms with E-state index < -0.39 is 28.0 Å². The minimum atomic E-state index is -4.68. The predicted molar refractivity (Wildman–Crippen MR) is 71.8 cm³/mol. The first-order chi connectivity index (χ1) is 9.51. The Labute approximate surface area is 119 Å². The quantitative estimate of drug-likeness (QED) is 0.644. The summed E-state index contributed by atoms with van der Waals surface area (Å²) in [5, 5.41) is 13.7. The molecule has 1 rings (SSSR count). The standard InChI is InChI=1S/C12H17F3N4O2/c1-7(2)11(3,6-16)18-8-4-10(12(13,14)15)17-5-9(8)19(20)21/h4-5,7H,6,16H2,1-3H3,(H,17,18). The molecule has 1 atom stereocenters. The molecule has 0 aliphatic heterocycles. The number of rotatable bonds is 5. The number of pyridine rings is 1. The van der Waals surface area contributed by atoms with Gasteiger partial charge in [-0.15, -0.1) is 0 Å². The minimum absolute atomic E-state index is 0.0513. The molecule has 0 aliphatic rings. The fraction of sp³-hybridized carbons (Fsp3) is 0.583. The summed E-state index contributed by atoms with van der Waals surface area (Å²) in [5.41, 5.74) is 2.89. The van der Waals surface area contributed by atoms with Crippen molar-refractivity contribution in [2.45, 2.75) is 32.5 Å². The van der Waals surface area contributed by atoms with Gasteiger partial charge in [0.1, 0.15) is 17.6 Å². The van der Waals surface area contributed by atoms with E-state index >= 15 is 0 Å². The number of nitrogens with one attached hydrogen (secondary N) is 1. The average Bonchev–Trinajstić information content (AvgIpc) is 2.36. The molecule has 21 heavy (non-hydrogen) atoms. The van der Waals surface area contributed by atoms with Crippen molar-refractivity contribution in [1.29, 1.82) is 0 Å². The molecule has 1 unspecified atom stereocenters. The van der Waals surface area contributed by atoms with Crippen molar-refractivity contribution in [3.05, 3.63) is 28.1 Å². The van der Waals surface area contributed by atoms with Gasteiger partial charge < -0.3 is 11.1 Å². The highest BCUT2D eigenvalue weighted by atomic mass is 19.4. The third-order valence-corrected chi connectivity index (χ3v) is 3.49. The zero-order chi connectivity index (χ0) is 16.4. The summed E-state index contributed by atoms with van der Waals surface area (Å²) in [4.78, 5) is 13.2. The predicted octanol–water partition coefficient (Wildman–Crippen LogP) is 2.79. The van der Waals surface area contributed by atoms with Crippen molar-refractivity contribution in [3.8, 4) is 0 Å². The highest BCUT2D eigenvalue weighted by molar-refractivity contribution is 5.62. The highest BCUT2D eigenvalue weighted by Gasteiger charge is 2.36. The van der Waals surface area contributed by atoms with Gasteiger partial charge in [0.2, 0.25) is 0 Å². The van der Waals surface area contributed by atoms with Gasteiger partial charge in [-0.3, -0.25) is 10.1 Å². The molecule has 0 saturated carbocycles. The van der Waals surface area contributed by atoms with Crippen LogP contribution in [0.25, 0.3) is 0 Å². The largest absolute Gasteiger partial charge is 0.433 e. The summed E-state index contributed by atoms with van der Waals surface area (Å²) in [7, 11) is 0. The number of aromatic nitrogens is 1. The monoisotopic (exact) mass is 306 g/mol. The third-order valence-electron chi connectivity index (χ3n) is 3.49. The van der Waals surface area contributed by atoms with Crippen LogP contribution in [0.15, 0.2) is 12.3 Å². The van der Waals surface area contributed by atoms with Crippen LogP contribution in [0.2, 0.25) is 0 Å². The fourth-order valence-electron chi connectivity index (χ4n) is 1.59. The molecule has 1 heterocycles. The zero-order valence-corrected chi connectivity index (χ0v) is 11.9. The minimum Gasteiger partial charge on any atom is -0.373 e. The summed E-state index contributed by atoms with van der Waals surface area (Å²) in [6.07, 6.45) is -4.08. The third kappa shape index (κ3) is 3.81. The van der Waals surface area contributed by atoms with Gasteiger partial charge in [-0.2, -0.15) is 13.2 Å². The molecule has 0 spiro atoms. The Hall–Kier alpha value is -1.90. The van der Waals surface area contributed by atoms with E-state index in [-0.39, 0.29) is 18.2 Å². The van der Waals surface area contributed by atoms with Gasteiger partial charge in [-0.05, 0) is 18.9 Å². The number of nitrogens with zero attached hydrogens (tertiary/aromatic N) is 2. The van der Waals surface area contributed by atoms with E-state index in [1.165, 1.54) is 0 Å². The van der Waals surface area contributed by atoms with E-state index in [0.717, 1.165) is 0 Å². The second kappa shape index (κ2) is 5.84. The lowest BCUT2D eigenvalue weighted by Crippen LogP contribution is -2.47. The lowest BCUT2D eigenvalue weighted by molar-refractivity contribution is -0.384. The summed E-state index contributed by atoms with van der Waals surface area (Å²) < 4.78 is 38.1. The van der Waals surface area contributed by atoms with Crippen LogP contribution in [-0.4, -0.2) is 22.0 Å². The van der Waals surface area contributed by atoms with E-state index in [2.05, 4.69) is 10.3 Å². The van der Waals surface area contributed by atoms with Crippen LogP contribution < -0.4 is 11.1 Å². The molecule has 1 aromatic heterocycles. The molecule has 0 fully saturated rings. The number of halogens is 3. The molecule has 1 aromatic rings. The van der Waals surface area contributed by atoms with Crippen LogP contribution in [0.4, 0.5) is 24.5 Å². The van der Waals surface area contributed by atoms with Crippen molar-refractivity contribution >= 4 is 11.4 Å². The van der Waals surface area contributed by atoms with E-state index in [1.807, 2.05) is 13.8 Å². The Bertz CT molecular complexity index is 534. The van der Waals surface area contributed by atoms with Crippen molar-refractivity contribution in [2.75, 3.05) is 11.9 Å². The van der Waals surface area contributed by atoms with E-state index in [4.69, 9.17) is 5.73 Å². The molecular formula is C12H17F3N4O2. The Morgan fingerprint density at radius 1 is 1.48 bits per heavy atom. The van der Waals surface area contributed by atoms with Crippen LogP contribution in [0.5, 0.6) is 0 Å². The molecule has 9 heteroatoms. The maximum Gasteiger partial charge on any atom is 0.433 e. The number of nitrogens with two attached hydrogens (primary N) is 1. The average molecular weight is 306 g/mol. The van der Waals surface area contributed by atoms with Gasteiger partial charge in [-0.25, -0.2) is 4.98 Å². The second-order valence-corrected chi connectivity index (χ2v) is 5.24. The van der Waals surface area contributed by atoms with Gasteiger partial charge in [-0.1, -0.05) is 13.8 Å². The smallest absolute Gasteiger partial charge is 0.373 e. The lowest BCUT2D eigenvalue weighted by Gasteiger charge is -2.34. The van der Waals surface area contributed by atoms with Crippen molar-refractivity contribution in [2.24, 2.45) is 11.7 Å². The van der Waals surface area contributed by atoms with E-state index in [1.54, 1.807) is 6.92 Å². The molecule has 0 bridgehead atoms. The van der Waals surface area contributed by atoms with Crippen LogP contribution in [-0.2, 0) is 6.18 Å². The van der Waals surface area contributed by atoms with Gasteiger partial charge in [0.25, 0.3) is 0 Å². The summed E-state index contributed by atoms with van der Waals surface area (Å²) in [6, 6.07) is 0.633. The highest BCUT2D eigenvalue weighted by Crippen LogP contribution is 2.35. The fourth-order valence-corrected chi connectivity index (χ4v) is 1.59.